The molecule has 5 nitrogen and oxygen atoms in total. The van der Waals surface area contributed by atoms with Gasteiger partial charge in [-0.15, -0.1) is 36.1 Å². The third-order valence-corrected chi connectivity index (χ3v) is 5.33. The number of carbonyl (C=O) groups is 1. The van der Waals surface area contributed by atoms with Gasteiger partial charge in [-0.1, -0.05) is 12.1 Å². The summed E-state index contributed by atoms with van der Waals surface area (Å²) in [5, 5.41) is 2.96. The molecule has 2 aromatic heterocycles. The number of amides is 1. The van der Waals surface area contributed by atoms with Crippen molar-refractivity contribution in [2.45, 2.75) is 19.2 Å². The first-order chi connectivity index (χ1) is 12.7. The van der Waals surface area contributed by atoms with E-state index in [1.165, 1.54) is 29.5 Å². The molecule has 0 atom stereocenters. The number of thiophene rings is 1. The number of ether oxygens (including phenoxy) is 1. The molecule has 0 saturated carbocycles. The normalized spacial score (nSPS) is 11.4. The smallest absolute Gasteiger partial charge is 0.406 e. The summed E-state index contributed by atoms with van der Waals surface area (Å²) in [5.74, 6) is -0.139. The number of nitrogens with zero attached hydrogens (tertiary/aromatic N) is 2. The predicted octanol–water partition coefficient (Wildman–Crippen LogP) is 5.46. The molecule has 0 spiro atoms. The van der Waals surface area contributed by atoms with E-state index in [1.807, 2.05) is 0 Å². The van der Waals surface area contributed by atoms with Crippen molar-refractivity contribution < 1.29 is 22.7 Å². The van der Waals surface area contributed by atoms with Gasteiger partial charge in [0.1, 0.15) is 5.75 Å². The molecule has 2 heterocycles. The Morgan fingerprint density at radius 3 is 2.78 bits per heavy atom. The minimum Gasteiger partial charge on any atom is -0.406 e. The maximum atomic E-state index is 12.5. The Morgan fingerprint density at radius 1 is 1.33 bits per heavy atom. The highest BCUT2D eigenvalue weighted by atomic mass is 35.5. The molecule has 142 valence electrons. The van der Waals surface area contributed by atoms with Crippen LogP contribution in [0.4, 0.5) is 18.3 Å². The first kappa shape index (κ1) is 19.6. The van der Waals surface area contributed by atoms with Crippen LogP contribution in [0.5, 0.6) is 5.75 Å². The molecule has 1 N–H and O–H groups in total. The van der Waals surface area contributed by atoms with E-state index < -0.39 is 6.36 Å². The van der Waals surface area contributed by atoms with Crippen LogP contribution in [-0.4, -0.2) is 21.6 Å². The fourth-order valence-corrected chi connectivity index (χ4v) is 4.00. The number of alkyl halides is 4. The van der Waals surface area contributed by atoms with Gasteiger partial charge in [0.25, 0.3) is 5.91 Å². The second-order valence-corrected chi connectivity index (χ2v) is 7.54. The average Bonchev–Trinajstić information content (AvgIpc) is 3.20. The van der Waals surface area contributed by atoms with E-state index in [0.717, 1.165) is 11.5 Å². The van der Waals surface area contributed by atoms with Crippen molar-refractivity contribution >= 4 is 45.5 Å². The number of benzene rings is 1. The maximum absolute atomic E-state index is 12.5. The number of aryl methyl sites for hydroxylation is 1. The third kappa shape index (κ3) is 4.96. The highest BCUT2D eigenvalue weighted by molar-refractivity contribution is 7.15. The number of hydrogen-bond acceptors (Lipinski definition) is 6. The molecule has 1 aromatic carbocycles. The Kier molecular flexibility index (Phi) is 5.68. The standard InChI is InChI=1S/C16H11ClF3N3O2S2/c1-8-11(14(24)22-15-21-13(7-17)23-27-15)6-12(26-8)9-3-2-4-10(5-9)25-16(18,19)20/h2-6H,7H2,1H3,(H,21,22,23,24). The van der Waals surface area contributed by atoms with E-state index in [9.17, 15) is 18.0 Å². The van der Waals surface area contributed by atoms with E-state index in [0.29, 0.717) is 31.8 Å². The molecule has 27 heavy (non-hydrogen) atoms. The summed E-state index contributed by atoms with van der Waals surface area (Å²) < 4.78 is 45.1. The van der Waals surface area contributed by atoms with Crippen LogP contribution >= 0.6 is 34.5 Å². The zero-order chi connectivity index (χ0) is 19.6. The van der Waals surface area contributed by atoms with E-state index >= 15 is 0 Å². The minimum absolute atomic E-state index is 0.143. The predicted molar refractivity (Wildman–Crippen MR) is 98.6 cm³/mol. The molecule has 11 heteroatoms. The van der Waals surface area contributed by atoms with Crippen LogP contribution < -0.4 is 10.1 Å². The number of aromatic nitrogens is 2. The largest absolute Gasteiger partial charge is 0.573 e. The fourth-order valence-electron chi connectivity index (χ4n) is 2.22. The van der Waals surface area contributed by atoms with Gasteiger partial charge in [0.05, 0.1) is 11.4 Å². The summed E-state index contributed by atoms with van der Waals surface area (Å²) >= 11 is 7.94. The lowest BCUT2D eigenvalue weighted by molar-refractivity contribution is -0.274. The van der Waals surface area contributed by atoms with Crippen LogP contribution in [0.25, 0.3) is 10.4 Å². The molecule has 3 aromatic rings. The second kappa shape index (κ2) is 7.83. The molecular weight excluding hydrogens is 423 g/mol. The van der Waals surface area contributed by atoms with Crippen LogP contribution in [0.3, 0.4) is 0 Å². The number of halogens is 4. The summed E-state index contributed by atoms with van der Waals surface area (Å²) in [6, 6.07) is 7.21. The van der Waals surface area contributed by atoms with Gasteiger partial charge < -0.3 is 4.74 Å². The Bertz CT molecular complexity index is 972. The van der Waals surface area contributed by atoms with Gasteiger partial charge in [0, 0.05) is 21.3 Å². The van der Waals surface area contributed by atoms with Gasteiger partial charge in [-0.25, -0.2) is 4.98 Å². The van der Waals surface area contributed by atoms with Crippen LogP contribution in [0.2, 0.25) is 0 Å². The molecule has 3 rings (SSSR count). The minimum atomic E-state index is -4.77. The zero-order valence-corrected chi connectivity index (χ0v) is 16.0. The number of hydrogen-bond donors (Lipinski definition) is 1. The average molecular weight is 434 g/mol. The van der Waals surface area contributed by atoms with Crippen molar-refractivity contribution in [2.75, 3.05) is 5.32 Å². The van der Waals surface area contributed by atoms with Gasteiger partial charge >= 0.3 is 6.36 Å². The quantitative estimate of drug-likeness (QED) is 0.542. The van der Waals surface area contributed by atoms with Gasteiger partial charge in [-0.2, -0.15) is 4.37 Å². The number of carbonyl (C=O) groups excluding carboxylic acids is 1. The topological polar surface area (TPSA) is 64.1 Å². The number of nitrogens with one attached hydrogen (secondary N) is 1. The van der Waals surface area contributed by atoms with E-state index in [2.05, 4.69) is 19.4 Å². The van der Waals surface area contributed by atoms with Crippen molar-refractivity contribution in [3.63, 3.8) is 0 Å². The molecule has 0 aliphatic rings. The first-order valence-electron chi connectivity index (χ1n) is 7.41. The molecule has 0 aliphatic heterocycles. The maximum Gasteiger partial charge on any atom is 0.573 e. The van der Waals surface area contributed by atoms with Crippen molar-refractivity contribution in [3.8, 4) is 16.2 Å². The lowest BCUT2D eigenvalue weighted by atomic mass is 10.1. The summed E-state index contributed by atoms with van der Waals surface area (Å²) in [5.41, 5.74) is 0.920. The van der Waals surface area contributed by atoms with Crippen LogP contribution in [0, 0.1) is 6.92 Å². The van der Waals surface area contributed by atoms with Crippen molar-refractivity contribution in [3.05, 3.63) is 46.6 Å². The molecule has 0 aliphatic carbocycles. The van der Waals surface area contributed by atoms with Crippen LogP contribution in [0.1, 0.15) is 21.1 Å². The second-order valence-electron chi connectivity index (χ2n) is 5.26. The monoisotopic (exact) mass is 433 g/mol. The van der Waals surface area contributed by atoms with Gasteiger partial charge in [0.2, 0.25) is 5.13 Å². The Morgan fingerprint density at radius 2 is 2.11 bits per heavy atom. The molecular formula is C16H11ClF3N3O2S2. The van der Waals surface area contributed by atoms with E-state index in [4.69, 9.17) is 11.6 Å². The molecule has 0 bridgehead atoms. The molecule has 0 saturated heterocycles. The Labute approximate surface area is 164 Å². The van der Waals surface area contributed by atoms with Gasteiger partial charge in [-0.05, 0) is 30.7 Å². The lowest BCUT2D eigenvalue weighted by Gasteiger charge is -2.09. The number of rotatable bonds is 5. The van der Waals surface area contributed by atoms with Crippen molar-refractivity contribution in [1.82, 2.24) is 9.36 Å². The van der Waals surface area contributed by atoms with E-state index in [1.54, 1.807) is 19.1 Å². The Balaban J connectivity index is 1.81. The van der Waals surface area contributed by atoms with Gasteiger partial charge in [0.15, 0.2) is 5.82 Å². The SMILES string of the molecule is Cc1sc(-c2cccc(OC(F)(F)F)c2)cc1C(=O)Nc1nc(CCl)ns1. The summed E-state index contributed by atoms with van der Waals surface area (Å²) in [6.45, 7) is 1.75. The zero-order valence-electron chi connectivity index (χ0n) is 13.6. The molecule has 0 unspecified atom stereocenters. The van der Waals surface area contributed by atoms with Crippen molar-refractivity contribution in [1.29, 1.82) is 0 Å². The lowest BCUT2D eigenvalue weighted by Crippen LogP contribution is -2.17. The summed E-state index contributed by atoms with van der Waals surface area (Å²) in [7, 11) is 0. The molecule has 0 fully saturated rings. The highest BCUT2D eigenvalue weighted by Crippen LogP contribution is 2.34. The van der Waals surface area contributed by atoms with Crippen LogP contribution in [-0.2, 0) is 5.88 Å². The first-order valence-corrected chi connectivity index (χ1v) is 9.54. The van der Waals surface area contributed by atoms with Crippen molar-refractivity contribution in [2.24, 2.45) is 0 Å². The number of anilines is 1. The molecule has 0 radical (unpaired) electrons. The van der Waals surface area contributed by atoms with E-state index in [-0.39, 0.29) is 17.5 Å². The summed E-state index contributed by atoms with van der Waals surface area (Å²) in [6.07, 6.45) is -4.77. The Hall–Kier alpha value is -2.17. The molecule has 1 amide bonds. The summed E-state index contributed by atoms with van der Waals surface area (Å²) in [4.78, 5) is 17.9. The van der Waals surface area contributed by atoms with Crippen LogP contribution in [0.15, 0.2) is 30.3 Å². The third-order valence-electron chi connectivity index (χ3n) is 3.32. The van der Waals surface area contributed by atoms with Gasteiger partial charge in [-0.3, -0.25) is 10.1 Å². The fraction of sp³-hybridized carbons (Fsp3) is 0.188. The highest BCUT2D eigenvalue weighted by Gasteiger charge is 2.31.